The van der Waals surface area contributed by atoms with E-state index in [1.54, 1.807) is 6.92 Å². The van der Waals surface area contributed by atoms with Gasteiger partial charge in [-0.3, -0.25) is 15.9 Å². The third-order valence-electron chi connectivity index (χ3n) is 3.04. The molecule has 0 atom stereocenters. The first kappa shape index (κ1) is 65.0. The Labute approximate surface area is 410 Å². The number of hydrogen-bond acceptors (Lipinski definition) is 1. The molecule has 1 aromatic rings. The van der Waals surface area contributed by atoms with Crippen molar-refractivity contribution < 1.29 is 337 Å². The van der Waals surface area contributed by atoms with Gasteiger partial charge in [-0.1, -0.05) is 27.7 Å². The number of carbonyl (C=O) groups is 1. The van der Waals surface area contributed by atoms with Gasteiger partial charge in [0.25, 0.3) is 0 Å². The van der Waals surface area contributed by atoms with Crippen molar-refractivity contribution in [1.82, 2.24) is 0 Å². The van der Waals surface area contributed by atoms with Crippen molar-refractivity contribution in [2.24, 2.45) is 0 Å². The number of carboxylic acid groups (broad SMARTS) is 1. The van der Waals surface area contributed by atoms with Crippen molar-refractivity contribution in [3.8, 4) is 0 Å². The molecule has 2 nitrogen and oxygen atoms in total. The van der Waals surface area contributed by atoms with Crippen LogP contribution in [-0.2, 0) is 332 Å². The van der Waals surface area contributed by atoms with Crippen LogP contribution in [0.2, 0.25) is 0 Å². The van der Waals surface area contributed by atoms with E-state index in [2.05, 4.69) is 19.1 Å². The molecule has 0 fully saturated rings. The van der Waals surface area contributed by atoms with Gasteiger partial charge in [-0.2, -0.15) is 5.56 Å². The average molecular weight is 1110 g/mol. The number of rotatable bonds is 2. The molecule has 1 aromatic carbocycles. The largest absolute Gasteiger partial charge is 0.493 e. The Hall–Kier alpha value is 9.47. The SMILES string of the molecule is CC(=[C-]C(=O)O)c1[c-]c(C)c(C)c(C)c1C.[Y].[Y].[Y].[Y].[Y].[Y].[Y].[Y].[Y].[Y]. The summed E-state index contributed by atoms with van der Waals surface area (Å²) in [6.45, 7) is 9.82. The van der Waals surface area contributed by atoms with Gasteiger partial charge in [0, 0.05) is 327 Å². The summed E-state index contributed by atoms with van der Waals surface area (Å²) in [4.78, 5) is 10.6. The molecule has 0 aliphatic heterocycles. The molecule has 0 unspecified atom stereocenters. The molecule has 0 bridgehead atoms. The van der Waals surface area contributed by atoms with Crippen LogP contribution in [0.25, 0.3) is 5.57 Å². The van der Waals surface area contributed by atoms with Crippen LogP contribution in [0.15, 0.2) is 0 Å². The van der Waals surface area contributed by atoms with E-state index in [1.807, 2.05) is 20.8 Å². The maximum Gasteiger partial charge on any atom is 0.226 e. The molecule has 0 saturated carbocycles. The van der Waals surface area contributed by atoms with Gasteiger partial charge in [0.05, 0.1) is 0 Å². The van der Waals surface area contributed by atoms with Crippen molar-refractivity contribution >= 4 is 11.5 Å². The molecule has 10 radical (unpaired) electrons. The Kier molecular flexibility index (Phi) is 91.5. The van der Waals surface area contributed by atoms with Crippen LogP contribution in [-0.4, -0.2) is 11.1 Å². The summed E-state index contributed by atoms with van der Waals surface area (Å²) in [5, 5.41) is 8.68. The summed E-state index contributed by atoms with van der Waals surface area (Å²) < 4.78 is 0. The molecule has 1 rings (SSSR count). The predicted molar refractivity (Wildman–Crippen MR) is 64.2 cm³/mol. The van der Waals surface area contributed by atoms with Crippen LogP contribution in [0, 0.1) is 39.8 Å². The van der Waals surface area contributed by atoms with Gasteiger partial charge < -0.3 is 5.11 Å². The molecule has 1 N–H and O–H groups in total. The van der Waals surface area contributed by atoms with Gasteiger partial charge in [0.1, 0.15) is 0 Å². The second-order valence-electron chi connectivity index (χ2n) is 4.06. The quantitative estimate of drug-likeness (QED) is 0.366. The molecule has 0 aliphatic rings. The van der Waals surface area contributed by atoms with Gasteiger partial charge in [0.2, 0.25) is 5.97 Å². The fourth-order valence-electron chi connectivity index (χ4n) is 1.72. The minimum absolute atomic E-state index is 0. The van der Waals surface area contributed by atoms with Gasteiger partial charge in [-0.25, -0.2) is 17.7 Å². The minimum atomic E-state index is -1.04. The van der Waals surface area contributed by atoms with E-state index < -0.39 is 5.97 Å². The molecule has 0 aromatic heterocycles. The van der Waals surface area contributed by atoms with E-state index in [0.29, 0.717) is 5.57 Å². The Bertz CT molecular complexity index is 493. The van der Waals surface area contributed by atoms with Gasteiger partial charge in [0.15, 0.2) is 0 Å². The Morgan fingerprint density at radius 3 is 1.38 bits per heavy atom. The Morgan fingerprint density at radius 2 is 1.08 bits per heavy atom. The summed E-state index contributed by atoms with van der Waals surface area (Å²) in [6.07, 6.45) is 2.38. The smallest absolute Gasteiger partial charge is 0.226 e. The Morgan fingerprint density at radius 1 is 0.731 bits per heavy atom. The molecule has 116 valence electrons. The zero-order valence-corrected chi connectivity index (χ0v) is 44.5. The van der Waals surface area contributed by atoms with Crippen LogP contribution in [0.5, 0.6) is 0 Å². The molecular formula is C14H16O2Y10-2. The van der Waals surface area contributed by atoms with Crippen molar-refractivity contribution in [3.05, 3.63) is 40.0 Å². The molecule has 0 spiro atoms. The van der Waals surface area contributed by atoms with Crippen molar-refractivity contribution in [3.63, 3.8) is 0 Å². The molecular weight excluding hydrogens is 1090 g/mol. The summed E-state index contributed by atoms with van der Waals surface area (Å²) in [7, 11) is 0. The normalized spacial score (nSPS) is 7.19. The van der Waals surface area contributed by atoms with Crippen LogP contribution in [0.1, 0.15) is 34.7 Å². The fraction of sp³-hybridized carbons (Fsp3) is 0.357. The predicted octanol–water partition coefficient (Wildman–Crippen LogP) is 2.99. The molecule has 0 amide bonds. The monoisotopic (exact) mass is 1110 g/mol. The third kappa shape index (κ3) is 25.1. The first-order valence-electron chi connectivity index (χ1n) is 5.18. The van der Waals surface area contributed by atoms with E-state index in [9.17, 15) is 4.79 Å². The molecule has 0 heterocycles. The zero-order valence-electron chi connectivity index (χ0n) is 16.1. The minimum Gasteiger partial charge on any atom is -0.493 e. The van der Waals surface area contributed by atoms with E-state index in [4.69, 9.17) is 5.11 Å². The van der Waals surface area contributed by atoms with E-state index in [-0.39, 0.29) is 327 Å². The van der Waals surface area contributed by atoms with E-state index in [0.717, 1.165) is 16.7 Å². The summed E-state index contributed by atoms with van der Waals surface area (Å²) in [6, 6.07) is 3.23. The maximum atomic E-state index is 10.6. The summed E-state index contributed by atoms with van der Waals surface area (Å²) in [5.41, 5.74) is 6.01. The molecule has 0 aliphatic carbocycles. The molecule has 0 saturated heterocycles. The summed E-state index contributed by atoms with van der Waals surface area (Å²) in [5.74, 6) is -1.04. The van der Waals surface area contributed by atoms with Gasteiger partial charge in [-0.15, -0.1) is 18.1 Å². The van der Waals surface area contributed by atoms with Crippen LogP contribution < -0.4 is 0 Å². The molecule has 12 heteroatoms. The van der Waals surface area contributed by atoms with Gasteiger partial charge in [-0.05, 0) is 0 Å². The van der Waals surface area contributed by atoms with Crippen LogP contribution in [0.4, 0.5) is 0 Å². The van der Waals surface area contributed by atoms with Crippen LogP contribution in [0.3, 0.4) is 0 Å². The Balaban J connectivity index is -0.0000000320. The number of aryl methyl sites for hydroxylation is 1. The van der Waals surface area contributed by atoms with Crippen molar-refractivity contribution in [1.29, 1.82) is 0 Å². The van der Waals surface area contributed by atoms with Crippen molar-refractivity contribution in [2.45, 2.75) is 34.6 Å². The number of benzene rings is 1. The second-order valence-corrected chi connectivity index (χ2v) is 4.06. The molecule has 26 heavy (non-hydrogen) atoms. The second kappa shape index (κ2) is 36.6. The van der Waals surface area contributed by atoms with Crippen molar-refractivity contribution in [2.75, 3.05) is 0 Å². The van der Waals surface area contributed by atoms with E-state index >= 15 is 0 Å². The maximum absolute atomic E-state index is 10.6. The number of hydrogen-bond donors (Lipinski definition) is 1. The zero-order chi connectivity index (χ0) is 12.5. The first-order valence-corrected chi connectivity index (χ1v) is 5.18. The number of aliphatic carboxylic acids is 1. The van der Waals surface area contributed by atoms with E-state index in [1.165, 1.54) is 11.1 Å². The van der Waals surface area contributed by atoms with Gasteiger partial charge >= 0.3 is 0 Å². The first-order chi connectivity index (χ1) is 7.34. The summed E-state index contributed by atoms with van der Waals surface area (Å²) >= 11 is 0. The number of allylic oxidation sites excluding steroid dienone is 1. The topological polar surface area (TPSA) is 37.3 Å². The third-order valence-corrected chi connectivity index (χ3v) is 3.04. The fourth-order valence-corrected chi connectivity index (χ4v) is 1.72. The standard InChI is InChI=1S/C14H16O2.10Y/c1-8-6-13(9(2)7-14(15)16)12(5)11(4)10(8)3;;;;;;;;;;/h1-5H3,(H,15,16);;;;;;;;;;/q-2;;;;;;;;;;. The average Bonchev–Trinajstić information content (AvgIpc) is 2.19. The van der Waals surface area contributed by atoms with Crippen LogP contribution >= 0.6 is 0 Å². The number of carboxylic acids is 1.